The van der Waals surface area contributed by atoms with Crippen LogP contribution in [0.1, 0.15) is 78.1 Å². The standard InChI is InChI=1S/C26H38F2O3/c1-3-5-6-15-26(29)16-13-21(14-17-26)20-9-7-19(8-10-20)18-31-23-12-11-22(30-4-2)24(27)25(23)28/h11-13,16,19-21,29H,3-10,14-15,17-18H2,1-2H3/t19-,20-,21?,26?. The number of hydrogen-bond donors (Lipinski definition) is 1. The summed E-state index contributed by atoms with van der Waals surface area (Å²) in [6.45, 7) is 4.61. The fourth-order valence-electron chi connectivity index (χ4n) is 5.06. The molecule has 31 heavy (non-hydrogen) atoms. The summed E-state index contributed by atoms with van der Waals surface area (Å²) >= 11 is 0. The van der Waals surface area contributed by atoms with Gasteiger partial charge in [-0.1, -0.05) is 38.3 Å². The number of benzene rings is 1. The maximum atomic E-state index is 14.2. The van der Waals surface area contributed by atoms with Crippen LogP contribution in [0.25, 0.3) is 0 Å². The SMILES string of the molecule is CCCCCC1(O)C=CC([C@H]2CC[C@H](COc3ccc(OCC)c(F)c3F)CC2)CC1. The molecule has 2 atom stereocenters. The molecule has 2 unspecified atom stereocenters. The summed E-state index contributed by atoms with van der Waals surface area (Å²) in [6.07, 6.45) is 14.9. The maximum absolute atomic E-state index is 14.2. The average Bonchev–Trinajstić information content (AvgIpc) is 2.78. The van der Waals surface area contributed by atoms with Gasteiger partial charge in [-0.3, -0.25) is 0 Å². The molecular formula is C26H38F2O3. The van der Waals surface area contributed by atoms with Crippen molar-refractivity contribution >= 4 is 0 Å². The number of unbranched alkanes of at least 4 members (excludes halogenated alkanes) is 2. The van der Waals surface area contributed by atoms with Crippen LogP contribution in [0.2, 0.25) is 0 Å². The van der Waals surface area contributed by atoms with E-state index in [-0.39, 0.29) is 18.1 Å². The first-order valence-corrected chi connectivity index (χ1v) is 12.1. The molecule has 0 bridgehead atoms. The van der Waals surface area contributed by atoms with Crippen LogP contribution in [-0.4, -0.2) is 23.9 Å². The van der Waals surface area contributed by atoms with Crippen molar-refractivity contribution in [2.24, 2.45) is 17.8 Å². The molecule has 1 aromatic carbocycles. The smallest absolute Gasteiger partial charge is 0.204 e. The van der Waals surface area contributed by atoms with E-state index in [4.69, 9.17) is 9.47 Å². The van der Waals surface area contributed by atoms with E-state index in [1.54, 1.807) is 6.92 Å². The zero-order valence-electron chi connectivity index (χ0n) is 19.0. The van der Waals surface area contributed by atoms with Crippen LogP contribution in [0.3, 0.4) is 0 Å². The van der Waals surface area contributed by atoms with Gasteiger partial charge in [0.25, 0.3) is 0 Å². The molecule has 5 heteroatoms. The number of allylic oxidation sites excluding steroid dienone is 1. The molecule has 0 radical (unpaired) electrons. The second-order valence-corrected chi connectivity index (χ2v) is 9.34. The van der Waals surface area contributed by atoms with E-state index in [0.29, 0.717) is 24.4 Å². The number of hydrogen-bond acceptors (Lipinski definition) is 3. The number of ether oxygens (including phenoxy) is 2. The normalized spacial score (nSPS) is 28.5. The molecular weight excluding hydrogens is 398 g/mol. The molecule has 174 valence electrons. The zero-order chi connectivity index (χ0) is 22.3. The third kappa shape index (κ3) is 6.44. The van der Waals surface area contributed by atoms with Crippen molar-refractivity contribution < 1.29 is 23.4 Å². The molecule has 0 amide bonds. The average molecular weight is 437 g/mol. The highest BCUT2D eigenvalue weighted by atomic mass is 19.2. The van der Waals surface area contributed by atoms with Gasteiger partial charge in [0.1, 0.15) is 0 Å². The van der Waals surface area contributed by atoms with Gasteiger partial charge in [0.2, 0.25) is 11.6 Å². The molecule has 0 spiro atoms. The topological polar surface area (TPSA) is 38.7 Å². The number of aliphatic hydroxyl groups is 1. The van der Waals surface area contributed by atoms with Crippen molar-refractivity contribution in [1.29, 1.82) is 0 Å². The fourth-order valence-corrected chi connectivity index (χ4v) is 5.06. The zero-order valence-corrected chi connectivity index (χ0v) is 19.0. The van der Waals surface area contributed by atoms with Gasteiger partial charge in [0, 0.05) is 0 Å². The minimum absolute atomic E-state index is 0.0411. The first-order chi connectivity index (χ1) is 15.0. The summed E-state index contributed by atoms with van der Waals surface area (Å²) in [6, 6.07) is 2.87. The van der Waals surface area contributed by atoms with Crippen molar-refractivity contribution in [2.45, 2.75) is 83.7 Å². The number of halogens is 2. The summed E-state index contributed by atoms with van der Waals surface area (Å²) in [4.78, 5) is 0. The van der Waals surface area contributed by atoms with E-state index in [9.17, 15) is 13.9 Å². The van der Waals surface area contributed by atoms with Gasteiger partial charge in [0.05, 0.1) is 18.8 Å². The molecule has 0 saturated heterocycles. The van der Waals surface area contributed by atoms with Crippen molar-refractivity contribution in [3.05, 3.63) is 35.9 Å². The summed E-state index contributed by atoms with van der Waals surface area (Å²) < 4.78 is 38.9. The molecule has 1 N–H and O–H groups in total. The fraction of sp³-hybridized carbons (Fsp3) is 0.692. The lowest BCUT2D eigenvalue weighted by Crippen LogP contribution is -2.33. The Morgan fingerprint density at radius 3 is 2.23 bits per heavy atom. The van der Waals surface area contributed by atoms with Gasteiger partial charge >= 0.3 is 0 Å². The Labute approximate surface area is 185 Å². The Morgan fingerprint density at radius 2 is 1.65 bits per heavy atom. The van der Waals surface area contributed by atoms with Gasteiger partial charge in [0.15, 0.2) is 11.5 Å². The first-order valence-electron chi connectivity index (χ1n) is 12.1. The summed E-state index contributed by atoms with van der Waals surface area (Å²) in [5, 5.41) is 10.8. The van der Waals surface area contributed by atoms with Crippen LogP contribution in [0, 0.1) is 29.4 Å². The molecule has 1 aromatic rings. The van der Waals surface area contributed by atoms with E-state index in [0.717, 1.165) is 51.4 Å². The predicted molar refractivity (Wildman–Crippen MR) is 119 cm³/mol. The Morgan fingerprint density at radius 1 is 0.968 bits per heavy atom. The highest BCUT2D eigenvalue weighted by molar-refractivity contribution is 5.35. The van der Waals surface area contributed by atoms with Crippen LogP contribution in [0.4, 0.5) is 8.78 Å². The van der Waals surface area contributed by atoms with Gasteiger partial charge in [-0.15, -0.1) is 0 Å². The van der Waals surface area contributed by atoms with Crippen molar-refractivity contribution in [3.8, 4) is 11.5 Å². The molecule has 0 aliphatic heterocycles. The molecule has 1 saturated carbocycles. The van der Waals surface area contributed by atoms with Crippen molar-refractivity contribution in [2.75, 3.05) is 13.2 Å². The Bertz CT molecular complexity index is 728. The monoisotopic (exact) mass is 436 g/mol. The molecule has 0 aromatic heterocycles. The van der Waals surface area contributed by atoms with E-state index < -0.39 is 17.2 Å². The maximum Gasteiger partial charge on any atom is 0.204 e. The summed E-state index contributed by atoms with van der Waals surface area (Å²) in [7, 11) is 0. The highest BCUT2D eigenvalue weighted by Crippen LogP contribution is 2.40. The largest absolute Gasteiger partial charge is 0.491 e. The molecule has 2 aliphatic rings. The minimum Gasteiger partial charge on any atom is -0.491 e. The second kappa shape index (κ2) is 11.3. The Kier molecular flexibility index (Phi) is 8.76. The molecule has 3 nitrogen and oxygen atoms in total. The van der Waals surface area contributed by atoms with Gasteiger partial charge in [-0.2, -0.15) is 8.78 Å². The highest BCUT2D eigenvalue weighted by Gasteiger charge is 2.33. The quantitative estimate of drug-likeness (QED) is 0.323. The van der Waals surface area contributed by atoms with Crippen LogP contribution in [0.5, 0.6) is 11.5 Å². The van der Waals surface area contributed by atoms with Gasteiger partial charge in [-0.25, -0.2) is 0 Å². The second-order valence-electron chi connectivity index (χ2n) is 9.34. The van der Waals surface area contributed by atoms with E-state index in [2.05, 4.69) is 19.1 Å². The van der Waals surface area contributed by atoms with Crippen LogP contribution in [0.15, 0.2) is 24.3 Å². The van der Waals surface area contributed by atoms with E-state index >= 15 is 0 Å². The summed E-state index contributed by atoms with van der Waals surface area (Å²) in [5.74, 6) is -0.520. The van der Waals surface area contributed by atoms with E-state index in [1.807, 2.05) is 0 Å². The molecule has 0 heterocycles. The lowest BCUT2D eigenvalue weighted by molar-refractivity contribution is 0.0492. The van der Waals surface area contributed by atoms with Gasteiger partial charge in [-0.05, 0) is 81.8 Å². The third-order valence-corrected chi connectivity index (χ3v) is 7.06. The first kappa shape index (κ1) is 24.0. The van der Waals surface area contributed by atoms with Crippen molar-refractivity contribution in [1.82, 2.24) is 0 Å². The minimum atomic E-state index is -0.984. The Balaban J connectivity index is 1.44. The molecule has 3 rings (SSSR count). The lowest BCUT2D eigenvalue weighted by atomic mass is 9.71. The number of rotatable bonds is 10. The molecule has 1 fully saturated rings. The predicted octanol–water partition coefficient (Wildman–Crippen LogP) is 6.83. The molecule has 2 aliphatic carbocycles. The van der Waals surface area contributed by atoms with E-state index in [1.165, 1.54) is 25.0 Å². The Hall–Kier alpha value is -1.62. The summed E-state index contributed by atoms with van der Waals surface area (Å²) in [5.41, 5.74) is -0.603. The third-order valence-electron chi connectivity index (χ3n) is 7.06. The van der Waals surface area contributed by atoms with Gasteiger partial charge < -0.3 is 14.6 Å². The lowest BCUT2D eigenvalue weighted by Gasteiger charge is -2.37. The van der Waals surface area contributed by atoms with Crippen LogP contribution >= 0.6 is 0 Å². The van der Waals surface area contributed by atoms with Crippen molar-refractivity contribution in [3.63, 3.8) is 0 Å². The van der Waals surface area contributed by atoms with Crippen LogP contribution in [-0.2, 0) is 0 Å². The van der Waals surface area contributed by atoms with Crippen LogP contribution < -0.4 is 9.47 Å².